The molecule has 2 unspecified atom stereocenters. The minimum Gasteiger partial charge on any atom is -0.394 e. The molecule has 1 amide bonds. The van der Waals surface area contributed by atoms with Crippen LogP contribution in [0.2, 0.25) is 0 Å². The Bertz CT molecular complexity index is 651. The topological polar surface area (TPSA) is 69.6 Å². The zero-order chi connectivity index (χ0) is 35.0. The average Bonchev–Trinajstić information content (AvgIpc) is 3.09. The largest absolute Gasteiger partial charge is 0.394 e. The summed E-state index contributed by atoms with van der Waals surface area (Å²) in [7, 11) is 0. The number of carbonyl (C=O) groups excluding carboxylic acids is 1. The quantitative estimate of drug-likeness (QED) is 0.0446. The molecule has 286 valence electrons. The van der Waals surface area contributed by atoms with E-state index >= 15 is 0 Å². The lowest BCUT2D eigenvalue weighted by Gasteiger charge is -2.19. The number of unbranched alkanes of at least 4 members (excludes halogenated alkanes) is 33. The average molecular weight is 678 g/mol. The van der Waals surface area contributed by atoms with Crippen molar-refractivity contribution in [1.29, 1.82) is 0 Å². The standard InChI is InChI=1S/C44H87NO3/c1-3-5-7-8-9-10-11-12-13-14-15-16-17-18-19-20-21-22-23-24-25-26-27-28-29-30-31-32-33-34-35-36-38-39-43(47)42(41-46)45-44(48)40-37-6-4-2/h38-39,42-43,46-47H,3-37,40-41H2,1-2H3,(H,45,48)/b39-38+. The van der Waals surface area contributed by atoms with Gasteiger partial charge in [-0.3, -0.25) is 4.79 Å². The van der Waals surface area contributed by atoms with Crippen LogP contribution in [-0.4, -0.2) is 34.9 Å². The Morgan fingerprint density at radius 3 is 1.08 bits per heavy atom. The van der Waals surface area contributed by atoms with Crippen molar-refractivity contribution < 1.29 is 15.0 Å². The molecule has 0 rings (SSSR count). The molecule has 0 saturated carbocycles. The van der Waals surface area contributed by atoms with Crippen LogP contribution in [0.4, 0.5) is 0 Å². The summed E-state index contributed by atoms with van der Waals surface area (Å²) in [5.41, 5.74) is 0. The van der Waals surface area contributed by atoms with Crippen LogP contribution in [0.5, 0.6) is 0 Å². The molecule has 0 bridgehead atoms. The third-order valence-corrected chi connectivity index (χ3v) is 10.3. The van der Waals surface area contributed by atoms with Crippen molar-refractivity contribution in [1.82, 2.24) is 5.32 Å². The minimum absolute atomic E-state index is 0.0869. The summed E-state index contributed by atoms with van der Waals surface area (Å²) in [6, 6.07) is -0.612. The number of hydrogen-bond acceptors (Lipinski definition) is 3. The Balaban J connectivity index is 3.28. The summed E-state index contributed by atoms with van der Waals surface area (Å²) in [4.78, 5) is 12.0. The van der Waals surface area contributed by atoms with Crippen LogP contribution >= 0.6 is 0 Å². The zero-order valence-corrected chi connectivity index (χ0v) is 32.8. The molecule has 0 saturated heterocycles. The van der Waals surface area contributed by atoms with Gasteiger partial charge >= 0.3 is 0 Å². The van der Waals surface area contributed by atoms with Gasteiger partial charge in [0.05, 0.1) is 18.8 Å². The van der Waals surface area contributed by atoms with Gasteiger partial charge < -0.3 is 15.5 Å². The number of nitrogens with one attached hydrogen (secondary N) is 1. The van der Waals surface area contributed by atoms with E-state index in [2.05, 4.69) is 19.2 Å². The zero-order valence-electron chi connectivity index (χ0n) is 32.8. The third kappa shape index (κ3) is 36.4. The molecule has 0 aliphatic carbocycles. The van der Waals surface area contributed by atoms with Gasteiger partial charge in [0.2, 0.25) is 5.91 Å². The van der Waals surface area contributed by atoms with E-state index in [0.29, 0.717) is 6.42 Å². The molecule has 0 spiro atoms. The van der Waals surface area contributed by atoms with E-state index in [9.17, 15) is 15.0 Å². The van der Waals surface area contributed by atoms with E-state index in [1.165, 1.54) is 193 Å². The second kappa shape index (κ2) is 40.6. The third-order valence-electron chi connectivity index (χ3n) is 10.3. The molecule has 0 radical (unpaired) electrons. The predicted molar refractivity (Wildman–Crippen MR) is 212 cm³/mol. The number of allylic oxidation sites excluding steroid dienone is 1. The van der Waals surface area contributed by atoms with Crippen LogP contribution in [0.3, 0.4) is 0 Å². The van der Waals surface area contributed by atoms with E-state index in [-0.39, 0.29) is 12.5 Å². The summed E-state index contributed by atoms with van der Waals surface area (Å²) in [6.07, 6.45) is 51.3. The van der Waals surface area contributed by atoms with Crippen molar-refractivity contribution in [2.75, 3.05) is 6.61 Å². The summed E-state index contributed by atoms with van der Waals surface area (Å²) in [5, 5.41) is 22.6. The number of carbonyl (C=O) groups is 1. The summed E-state index contributed by atoms with van der Waals surface area (Å²) < 4.78 is 0. The maximum absolute atomic E-state index is 12.0. The molecule has 0 aromatic heterocycles. The summed E-state index contributed by atoms with van der Waals surface area (Å²) >= 11 is 0. The number of amides is 1. The first-order chi connectivity index (χ1) is 23.7. The van der Waals surface area contributed by atoms with Gasteiger partial charge in [0.1, 0.15) is 0 Å². The second-order valence-electron chi connectivity index (χ2n) is 15.1. The van der Waals surface area contributed by atoms with Crippen molar-refractivity contribution in [3.63, 3.8) is 0 Å². The number of hydrogen-bond donors (Lipinski definition) is 3. The molecule has 48 heavy (non-hydrogen) atoms. The first kappa shape index (κ1) is 47.1. The molecule has 0 aromatic carbocycles. The molecular weight excluding hydrogens is 590 g/mol. The van der Waals surface area contributed by atoms with Crippen molar-refractivity contribution in [3.05, 3.63) is 12.2 Å². The van der Waals surface area contributed by atoms with E-state index in [1.807, 2.05) is 6.08 Å². The highest BCUT2D eigenvalue weighted by Crippen LogP contribution is 2.17. The Morgan fingerprint density at radius 2 is 0.771 bits per heavy atom. The van der Waals surface area contributed by atoms with Gasteiger partial charge in [0, 0.05) is 6.42 Å². The van der Waals surface area contributed by atoms with E-state index < -0.39 is 12.1 Å². The molecule has 0 aliphatic heterocycles. The van der Waals surface area contributed by atoms with Gasteiger partial charge in [-0.1, -0.05) is 231 Å². The molecule has 4 heteroatoms. The monoisotopic (exact) mass is 678 g/mol. The van der Waals surface area contributed by atoms with Crippen molar-refractivity contribution in [2.45, 2.75) is 257 Å². The molecule has 0 aromatic rings. The van der Waals surface area contributed by atoms with Crippen LogP contribution in [-0.2, 0) is 4.79 Å². The van der Waals surface area contributed by atoms with Crippen molar-refractivity contribution in [2.24, 2.45) is 0 Å². The normalized spacial score (nSPS) is 13.0. The first-order valence-corrected chi connectivity index (χ1v) is 21.9. The molecule has 0 fully saturated rings. The highest BCUT2D eigenvalue weighted by atomic mass is 16.3. The predicted octanol–water partition coefficient (Wildman–Crippen LogP) is 13.5. The van der Waals surface area contributed by atoms with Crippen LogP contribution in [0, 0.1) is 0 Å². The fourth-order valence-electron chi connectivity index (χ4n) is 6.89. The SMILES string of the molecule is CCCCCCCCCCCCCCCCCCCCCCCCCCCCCCCCC/C=C/C(O)C(CO)NC(=O)CCCCC. The fraction of sp³-hybridized carbons (Fsp3) is 0.932. The lowest BCUT2D eigenvalue weighted by Crippen LogP contribution is -2.45. The fourth-order valence-corrected chi connectivity index (χ4v) is 6.89. The van der Waals surface area contributed by atoms with Gasteiger partial charge in [-0.2, -0.15) is 0 Å². The molecule has 0 aliphatic rings. The second-order valence-corrected chi connectivity index (χ2v) is 15.1. The van der Waals surface area contributed by atoms with Crippen LogP contribution in [0.15, 0.2) is 12.2 Å². The summed E-state index contributed by atoms with van der Waals surface area (Å²) in [5.74, 6) is -0.0869. The molecule has 2 atom stereocenters. The van der Waals surface area contributed by atoms with Gasteiger partial charge in [-0.15, -0.1) is 0 Å². The van der Waals surface area contributed by atoms with Gasteiger partial charge in [-0.05, 0) is 19.3 Å². The molecule has 0 heterocycles. The maximum atomic E-state index is 12.0. The summed E-state index contributed by atoms with van der Waals surface area (Å²) in [6.45, 7) is 4.16. The van der Waals surface area contributed by atoms with Crippen LogP contribution in [0.25, 0.3) is 0 Å². The van der Waals surface area contributed by atoms with Gasteiger partial charge in [0.25, 0.3) is 0 Å². The first-order valence-electron chi connectivity index (χ1n) is 21.9. The Labute approximate surface area is 301 Å². The lowest BCUT2D eigenvalue weighted by molar-refractivity contribution is -0.123. The highest BCUT2D eigenvalue weighted by Gasteiger charge is 2.17. The number of aliphatic hydroxyl groups is 2. The molecular formula is C44H87NO3. The highest BCUT2D eigenvalue weighted by molar-refractivity contribution is 5.76. The smallest absolute Gasteiger partial charge is 0.220 e. The van der Waals surface area contributed by atoms with Crippen LogP contribution in [0.1, 0.15) is 245 Å². The molecule has 3 N–H and O–H groups in total. The van der Waals surface area contributed by atoms with E-state index in [4.69, 9.17) is 0 Å². The van der Waals surface area contributed by atoms with Crippen molar-refractivity contribution >= 4 is 5.91 Å². The Hall–Kier alpha value is -0.870. The lowest BCUT2D eigenvalue weighted by atomic mass is 10.0. The van der Waals surface area contributed by atoms with E-state index in [0.717, 1.165) is 32.1 Å². The number of rotatable bonds is 40. The minimum atomic E-state index is -0.830. The van der Waals surface area contributed by atoms with E-state index in [1.54, 1.807) is 6.08 Å². The van der Waals surface area contributed by atoms with Crippen LogP contribution < -0.4 is 5.32 Å². The number of aliphatic hydroxyl groups excluding tert-OH is 2. The Kier molecular flexibility index (Phi) is 39.8. The van der Waals surface area contributed by atoms with Gasteiger partial charge in [0.15, 0.2) is 0 Å². The Morgan fingerprint density at radius 1 is 0.479 bits per heavy atom. The maximum Gasteiger partial charge on any atom is 0.220 e. The van der Waals surface area contributed by atoms with Crippen molar-refractivity contribution in [3.8, 4) is 0 Å². The molecule has 4 nitrogen and oxygen atoms in total. The van der Waals surface area contributed by atoms with Gasteiger partial charge in [-0.25, -0.2) is 0 Å².